The van der Waals surface area contributed by atoms with Gasteiger partial charge in [-0.1, -0.05) is 45.4 Å². The Hall–Kier alpha value is -2.87. The second-order valence-electron chi connectivity index (χ2n) is 8.78. The third-order valence-electron chi connectivity index (χ3n) is 5.53. The second kappa shape index (κ2) is 7.51. The van der Waals surface area contributed by atoms with Gasteiger partial charge < -0.3 is 10.6 Å². The number of benzene rings is 1. The van der Waals surface area contributed by atoms with Gasteiger partial charge in [-0.15, -0.1) is 0 Å². The minimum Gasteiger partial charge on any atom is -0.322 e. The minimum atomic E-state index is -0.495. The Morgan fingerprint density at radius 3 is 2.66 bits per heavy atom. The number of amides is 3. The Morgan fingerprint density at radius 1 is 1.17 bits per heavy atom. The Labute approximate surface area is 170 Å². The van der Waals surface area contributed by atoms with Crippen molar-refractivity contribution in [2.45, 2.75) is 57.8 Å². The monoisotopic (exact) mass is 396 g/mol. The molecule has 154 valence electrons. The number of aromatic nitrogens is 2. The molecule has 0 bridgehead atoms. The van der Waals surface area contributed by atoms with Gasteiger partial charge >= 0.3 is 6.03 Å². The Balaban J connectivity index is 1.58. The van der Waals surface area contributed by atoms with E-state index in [4.69, 9.17) is 5.10 Å². The summed E-state index contributed by atoms with van der Waals surface area (Å²) in [7, 11) is 0. The molecule has 2 heterocycles. The number of urea groups is 1. The first-order valence-corrected chi connectivity index (χ1v) is 10.1. The number of rotatable bonds is 3. The van der Waals surface area contributed by atoms with Crippen LogP contribution in [0.15, 0.2) is 36.4 Å². The van der Waals surface area contributed by atoms with Crippen molar-refractivity contribution in [3.05, 3.63) is 42.1 Å². The van der Waals surface area contributed by atoms with Crippen LogP contribution in [0, 0.1) is 5.92 Å². The predicted octanol–water partition coefficient (Wildman–Crippen LogP) is 3.17. The van der Waals surface area contributed by atoms with Gasteiger partial charge in [-0.25, -0.2) is 9.48 Å². The van der Waals surface area contributed by atoms with Crippen LogP contribution in [0.2, 0.25) is 0 Å². The summed E-state index contributed by atoms with van der Waals surface area (Å²) in [4.78, 5) is 25.1. The van der Waals surface area contributed by atoms with Crippen molar-refractivity contribution in [3.63, 3.8) is 0 Å². The summed E-state index contributed by atoms with van der Waals surface area (Å²) in [5, 5.41) is 16.9. The van der Waals surface area contributed by atoms with Crippen LogP contribution in [-0.4, -0.2) is 27.8 Å². The third-order valence-corrected chi connectivity index (χ3v) is 5.53. The average molecular weight is 396 g/mol. The van der Waals surface area contributed by atoms with Crippen molar-refractivity contribution in [2.24, 2.45) is 5.92 Å². The number of nitrogens with one attached hydrogen (secondary N) is 4. The van der Waals surface area contributed by atoms with E-state index in [1.54, 1.807) is 4.68 Å². The number of hydrogen-bond donors (Lipinski definition) is 4. The van der Waals surface area contributed by atoms with E-state index in [0.717, 1.165) is 25.0 Å². The fourth-order valence-electron chi connectivity index (χ4n) is 3.94. The Kier molecular flexibility index (Phi) is 5.04. The minimum absolute atomic E-state index is 0.0155. The number of anilines is 2. The van der Waals surface area contributed by atoms with Crippen LogP contribution in [0.4, 0.5) is 16.3 Å². The summed E-state index contributed by atoms with van der Waals surface area (Å²) >= 11 is 0. The number of carbonyl (C=O) groups is 2. The van der Waals surface area contributed by atoms with Crippen LogP contribution in [-0.2, 0) is 10.2 Å². The van der Waals surface area contributed by atoms with Crippen molar-refractivity contribution < 1.29 is 9.59 Å². The zero-order valence-electron chi connectivity index (χ0n) is 17.0. The first kappa shape index (κ1) is 19.4. The lowest BCUT2D eigenvalue weighted by Crippen LogP contribution is -2.57. The number of nitrogens with zero attached hydrogens (tertiary/aromatic N) is 2. The van der Waals surface area contributed by atoms with Gasteiger partial charge in [0.2, 0.25) is 5.91 Å². The molecule has 2 aromatic rings. The van der Waals surface area contributed by atoms with E-state index in [9.17, 15) is 9.59 Å². The van der Waals surface area contributed by atoms with Gasteiger partial charge in [0.05, 0.1) is 11.6 Å². The lowest BCUT2D eigenvalue weighted by molar-refractivity contribution is -0.130. The maximum atomic E-state index is 12.6. The first-order chi connectivity index (χ1) is 13.8. The molecule has 1 saturated carbocycles. The lowest BCUT2D eigenvalue weighted by Gasteiger charge is -2.34. The summed E-state index contributed by atoms with van der Waals surface area (Å²) in [5.41, 5.74) is 1.33. The van der Waals surface area contributed by atoms with E-state index >= 15 is 0 Å². The molecule has 0 radical (unpaired) electrons. The molecule has 1 aromatic heterocycles. The third kappa shape index (κ3) is 4.12. The van der Waals surface area contributed by atoms with Crippen molar-refractivity contribution in [1.29, 1.82) is 0 Å². The van der Waals surface area contributed by atoms with Gasteiger partial charge in [0.25, 0.3) is 0 Å². The number of hydrogen-bond acceptors (Lipinski definition) is 4. The molecule has 8 nitrogen and oxygen atoms in total. The summed E-state index contributed by atoms with van der Waals surface area (Å²) in [6, 6.07) is 10.9. The van der Waals surface area contributed by atoms with Gasteiger partial charge in [0, 0.05) is 23.2 Å². The van der Waals surface area contributed by atoms with Gasteiger partial charge in [-0.3, -0.25) is 15.4 Å². The SMILES string of the molecule is CC(C)(C)c1cc(NC(=O)Nc2ccccc2)n(C2NC(=O)C3CCCC3N2)n1. The molecule has 0 spiro atoms. The Bertz CT molecular complexity index is 902. The topological polar surface area (TPSA) is 100 Å². The summed E-state index contributed by atoms with van der Waals surface area (Å²) in [5.74, 6) is 0.586. The average Bonchev–Trinajstić information content (AvgIpc) is 3.29. The van der Waals surface area contributed by atoms with Crippen LogP contribution in [0.3, 0.4) is 0 Å². The van der Waals surface area contributed by atoms with E-state index < -0.39 is 6.29 Å². The number of carbonyl (C=O) groups excluding carboxylic acids is 2. The number of para-hydroxylation sites is 1. The molecule has 29 heavy (non-hydrogen) atoms. The molecule has 4 rings (SSSR count). The molecule has 3 unspecified atom stereocenters. The van der Waals surface area contributed by atoms with Crippen molar-refractivity contribution >= 4 is 23.4 Å². The highest BCUT2D eigenvalue weighted by Gasteiger charge is 2.40. The largest absolute Gasteiger partial charge is 0.324 e. The lowest BCUT2D eigenvalue weighted by atomic mass is 9.92. The molecular weight excluding hydrogens is 368 g/mol. The van der Waals surface area contributed by atoms with Gasteiger partial charge in [0.15, 0.2) is 6.29 Å². The van der Waals surface area contributed by atoms with Crippen LogP contribution >= 0.6 is 0 Å². The maximum absolute atomic E-state index is 12.6. The highest BCUT2D eigenvalue weighted by atomic mass is 16.2. The first-order valence-electron chi connectivity index (χ1n) is 10.1. The Morgan fingerprint density at radius 2 is 1.93 bits per heavy atom. The quantitative estimate of drug-likeness (QED) is 0.640. The molecule has 4 N–H and O–H groups in total. The van der Waals surface area contributed by atoms with E-state index in [-0.39, 0.29) is 29.3 Å². The zero-order valence-corrected chi connectivity index (χ0v) is 17.0. The second-order valence-corrected chi connectivity index (χ2v) is 8.78. The highest BCUT2D eigenvalue weighted by Crippen LogP contribution is 2.32. The van der Waals surface area contributed by atoms with Crippen molar-refractivity contribution in [3.8, 4) is 0 Å². The van der Waals surface area contributed by atoms with Gasteiger partial charge in [0.1, 0.15) is 5.82 Å². The molecule has 2 aliphatic rings. The molecule has 3 atom stereocenters. The van der Waals surface area contributed by atoms with Crippen molar-refractivity contribution in [2.75, 3.05) is 10.6 Å². The smallest absolute Gasteiger partial charge is 0.322 e. The standard InChI is InChI=1S/C21H28N6O2/c1-21(2,3)16-12-17(24-20(29)22-13-8-5-4-6-9-13)27(26-16)19-23-15-11-7-10-14(15)18(28)25-19/h4-6,8-9,12,14-15,19,23H,7,10-11H2,1-3H3,(H,25,28)(H2,22,24,29). The van der Waals surface area contributed by atoms with E-state index in [2.05, 4.69) is 42.0 Å². The maximum Gasteiger partial charge on any atom is 0.324 e. The molecule has 1 aromatic carbocycles. The molecule has 1 aliphatic carbocycles. The van der Waals surface area contributed by atoms with E-state index in [1.807, 2.05) is 36.4 Å². The van der Waals surface area contributed by atoms with Crippen molar-refractivity contribution in [1.82, 2.24) is 20.4 Å². The van der Waals surface area contributed by atoms with E-state index in [0.29, 0.717) is 11.5 Å². The fourth-order valence-corrected chi connectivity index (χ4v) is 3.94. The van der Waals surface area contributed by atoms with Crippen LogP contribution in [0.1, 0.15) is 52.0 Å². The summed E-state index contributed by atoms with van der Waals surface area (Å²) in [6.07, 6.45) is 2.43. The molecule has 1 aliphatic heterocycles. The highest BCUT2D eigenvalue weighted by molar-refractivity contribution is 5.99. The van der Waals surface area contributed by atoms with Gasteiger partial charge in [-0.05, 0) is 25.0 Å². The summed E-state index contributed by atoms with van der Waals surface area (Å²) in [6.45, 7) is 6.19. The zero-order chi connectivity index (χ0) is 20.6. The molecule has 1 saturated heterocycles. The molecule has 3 amide bonds. The van der Waals surface area contributed by atoms with Crippen LogP contribution in [0.5, 0.6) is 0 Å². The molecule has 2 fully saturated rings. The molecular formula is C21H28N6O2. The van der Waals surface area contributed by atoms with E-state index in [1.165, 1.54) is 0 Å². The fraction of sp³-hybridized carbons (Fsp3) is 0.476. The summed E-state index contributed by atoms with van der Waals surface area (Å²) < 4.78 is 1.66. The van der Waals surface area contributed by atoms with Gasteiger partial charge in [-0.2, -0.15) is 5.10 Å². The molecule has 8 heteroatoms. The predicted molar refractivity (Wildman–Crippen MR) is 111 cm³/mol. The normalized spacial score (nSPS) is 24.0. The van der Waals surface area contributed by atoms with Crippen LogP contribution < -0.4 is 21.3 Å². The number of fused-ring (bicyclic) bond motifs is 1. The van der Waals surface area contributed by atoms with Crippen LogP contribution in [0.25, 0.3) is 0 Å².